The van der Waals surface area contributed by atoms with Gasteiger partial charge in [0, 0.05) is 5.75 Å². The first-order valence-electron chi connectivity index (χ1n) is 6.64. The number of carboxylic acids is 1. The summed E-state index contributed by atoms with van der Waals surface area (Å²) in [7, 11) is 3.40. The number of rotatable bonds is 8. The van der Waals surface area contributed by atoms with Crippen molar-refractivity contribution in [2.75, 3.05) is 39.5 Å². The summed E-state index contributed by atoms with van der Waals surface area (Å²) in [6.07, 6.45) is 0. The van der Waals surface area contributed by atoms with Crippen LogP contribution in [0, 0.1) is 0 Å². The second kappa shape index (κ2) is 13.7. The van der Waals surface area contributed by atoms with Crippen LogP contribution in [0.15, 0.2) is 0 Å². The lowest BCUT2D eigenvalue weighted by Gasteiger charge is -2.10. The maximum atomic E-state index is 10.9. The van der Waals surface area contributed by atoms with Crippen LogP contribution in [0.2, 0.25) is 0 Å². The van der Waals surface area contributed by atoms with Crippen LogP contribution in [-0.4, -0.2) is 85.5 Å². The molecule has 140 valence electrons. The molecule has 2 atom stereocenters. The Morgan fingerprint density at radius 2 is 1.67 bits per heavy atom. The Hall–Kier alpha value is -1.73. The van der Waals surface area contributed by atoms with Gasteiger partial charge in [0.15, 0.2) is 0 Å². The molecule has 0 aromatic rings. The fraction of sp³-hybridized carbons (Fsp3) is 0.667. The molecule has 11 nitrogen and oxygen atoms in total. The third-order valence-electron chi connectivity index (χ3n) is 2.07. The van der Waals surface area contributed by atoms with E-state index in [0.29, 0.717) is 0 Å². The van der Waals surface area contributed by atoms with E-state index in [1.54, 1.807) is 19.0 Å². The quantitative estimate of drug-likeness (QED) is 0.165. The number of carboxylic acid groups (broad SMARTS) is 1. The highest BCUT2D eigenvalue weighted by Gasteiger charge is 2.17. The predicted octanol–water partition coefficient (Wildman–Crippen LogP) is -3.22. The molecule has 0 aliphatic heterocycles. The summed E-state index contributed by atoms with van der Waals surface area (Å²) in [6.45, 7) is -0.553. The molecular weight excluding hydrogens is 344 g/mol. The number of hydrogen-bond acceptors (Lipinski definition) is 11. The number of likely N-dealkylation sites (N-methyl/N-ethyl adjacent to an activating group) is 1. The summed E-state index contributed by atoms with van der Waals surface area (Å²) in [5.41, 5.74) is 15.2. The van der Waals surface area contributed by atoms with Gasteiger partial charge in [-0.25, -0.2) is 4.79 Å². The van der Waals surface area contributed by atoms with Gasteiger partial charge in [-0.1, -0.05) is 0 Å². The van der Waals surface area contributed by atoms with Crippen LogP contribution in [0.1, 0.15) is 0 Å². The van der Waals surface area contributed by atoms with Crippen molar-refractivity contribution in [2.24, 2.45) is 17.2 Å². The molecule has 0 aromatic heterocycles. The molecule has 0 heterocycles. The molecule has 0 saturated heterocycles. The standard InChI is InChI=1S/C7H14N2O3S.C5H10N2O4/c1-9(2)3-6(10)12-7(11)5(8)4-13;6-1-4(8)11-2-3(7)5(9)10/h5,13H,3-4,8H2,1-2H3;3H,1-2,6-7H2,(H,9,10)/t5-;3-/m00/s1. The lowest BCUT2D eigenvalue weighted by Crippen LogP contribution is -2.37. The Kier molecular flexibility index (Phi) is 14.0. The molecule has 0 amide bonds. The second-order valence-corrected chi connectivity index (χ2v) is 5.02. The minimum atomic E-state index is -1.21. The molecule has 0 rings (SSSR count). The van der Waals surface area contributed by atoms with Gasteiger partial charge in [0.1, 0.15) is 18.7 Å². The zero-order valence-corrected chi connectivity index (χ0v) is 14.4. The average Bonchev–Trinajstić information content (AvgIpc) is 2.50. The molecule has 0 unspecified atom stereocenters. The Labute approximate surface area is 144 Å². The minimum absolute atomic E-state index is 0.0605. The highest BCUT2D eigenvalue weighted by atomic mass is 32.1. The summed E-state index contributed by atoms with van der Waals surface area (Å²) in [4.78, 5) is 43.8. The molecule has 0 bridgehead atoms. The fourth-order valence-corrected chi connectivity index (χ4v) is 1.01. The van der Waals surface area contributed by atoms with Crippen LogP contribution in [-0.2, 0) is 28.7 Å². The van der Waals surface area contributed by atoms with E-state index in [-0.39, 0.29) is 25.4 Å². The van der Waals surface area contributed by atoms with Crippen LogP contribution in [0.25, 0.3) is 0 Å². The number of hydrogen-bond donors (Lipinski definition) is 5. The molecule has 0 fully saturated rings. The van der Waals surface area contributed by atoms with Crippen molar-refractivity contribution in [3.05, 3.63) is 0 Å². The first kappa shape index (κ1) is 24.5. The van der Waals surface area contributed by atoms with Gasteiger partial charge < -0.3 is 31.8 Å². The molecule has 0 aliphatic rings. The van der Waals surface area contributed by atoms with Crippen LogP contribution in [0.4, 0.5) is 0 Å². The van der Waals surface area contributed by atoms with Crippen LogP contribution < -0.4 is 17.2 Å². The molecule has 0 aromatic carbocycles. The molecule has 0 spiro atoms. The van der Waals surface area contributed by atoms with Crippen molar-refractivity contribution in [3.8, 4) is 0 Å². The number of esters is 3. The van der Waals surface area contributed by atoms with Crippen molar-refractivity contribution in [3.63, 3.8) is 0 Å². The van der Waals surface area contributed by atoms with E-state index >= 15 is 0 Å². The van der Waals surface area contributed by atoms with Crippen molar-refractivity contribution in [2.45, 2.75) is 12.1 Å². The van der Waals surface area contributed by atoms with Crippen LogP contribution >= 0.6 is 12.6 Å². The molecule has 24 heavy (non-hydrogen) atoms. The summed E-state index contributed by atoms with van der Waals surface area (Å²) < 4.78 is 8.76. The summed E-state index contributed by atoms with van der Waals surface area (Å²) in [5.74, 6) is -3.06. The van der Waals surface area contributed by atoms with E-state index in [9.17, 15) is 19.2 Å². The number of carbonyl (C=O) groups excluding carboxylic acids is 3. The zero-order chi connectivity index (χ0) is 19.3. The third kappa shape index (κ3) is 13.9. The van der Waals surface area contributed by atoms with Crippen molar-refractivity contribution in [1.29, 1.82) is 0 Å². The Morgan fingerprint density at radius 3 is 2.04 bits per heavy atom. The molecule has 12 heteroatoms. The summed E-state index contributed by atoms with van der Waals surface area (Å²) >= 11 is 3.80. The number of nitrogens with two attached hydrogens (primary N) is 3. The van der Waals surface area contributed by atoms with E-state index < -0.39 is 36.0 Å². The zero-order valence-electron chi connectivity index (χ0n) is 13.5. The minimum Gasteiger partial charge on any atom is -0.480 e. The van der Waals surface area contributed by atoms with E-state index in [4.69, 9.17) is 22.3 Å². The van der Waals surface area contributed by atoms with Gasteiger partial charge in [-0.3, -0.25) is 19.3 Å². The highest BCUT2D eigenvalue weighted by Crippen LogP contribution is 1.90. The summed E-state index contributed by atoms with van der Waals surface area (Å²) in [5, 5.41) is 8.22. The lowest BCUT2D eigenvalue weighted by molar-refractivity contribution is -0.160. The van der Waals surface area contributed by atoms with Crippen LogP contribution in [0.3, 0.4) is 0 Å². The number of carbonyl (C=O) groups is 4. The first-order valence-corrected chi connectivity index (χ1v) is 7.28. The lowest BCUT2D eigenvalue weighted by atomic mass is 10.3. The van der Waals surface area contributed by atoms with Gasteiger partial charge in [-0.15, -0.1) is 0 Å². The maximum absolute atomic E-state index is 10.9. The molecule has 0 saturated carbocycles. The largest absolute Gasteiger partial charge is 0.480 e. The Balaban J connectivity index is 0. The van der Waals surface area contributed by atoms with Crippen molar-refractivity contribution >= 4 is 36.5 Å². The molecule has 0 radical (unpaired) electrons. The number of aliphatic carboxylic acids is 1. The predicted molar refractivity (Wildman–Crippen MR) is 87.1 cm³/mol. The van der Waals surface area contributed by atoms with E-state index in [1.165, 1.54) is 0 Å². The van der Waals surface area contributed by atoms with E-state index in [1.807, 2.05) is 0 Å². The maximum Gasteiger partial charge on any atom is 0.331 e. The molecule has 7 N–H and O–H groups in total. The number of ether oxygens (including phenoxy) is 2. The SMILES string of the molecule is CN(C)CC(=O)OC(=O)[C@@H](N)CS.NCC(=O)OC[C@H](N)C(=O)O. The number of thiol groups is 1. The highest BCUT2D eigenvalue weighted by molar-refractivity contribution is 7.80. The topological polar surface area (TPSA) is 188 Å². The normalized spacial score (nSPS) is 12.5. The number of nitrogens with zero attached hydrogens (tertiary/aromatic N) is 1. The second-order valence-electron chi connectivity index (χ2n) is 4.65. The van der Waals surface area contributed by atoms with Gasteiger partial charge in [0.2, 0.25) is 0 Å². The van der Waals surface area contributed by atoms with Crippen molar-refractivity contribution < 1.29 is 33.8 Å². The van der Waals surface area contributed by atoms with Crippen molar-refractivity contribution in [1.82, 2.24) is 4.90 Å². The van der Waals surface area contributed by atoms with Gasteiger partial charge >= 0.3 is 23.9 Å². The third-order valence-corrected chi connectivity index (χ3v) is 2.46. The molecule has 0 aliphatic carbocycles. The summed E-state index contributed by atoms with van der Waals surface area (Å²) in [6, 6.07) is -2.01. The van der Waals surface area contributed by atoms with E-state index in [2.05, 4.69) is 22.1 Å². The van der Waals surface area contributed by atoms with Gasteiger partial charge in [-0.05, 0) is 14.1 Å². The van der Waals surface area contributed by atoms with E-state index in [0.717, 1.165) is 0 Å². The first-order chi connectivity index (χ1) is 11.0. The van der Waals surface area contributed by atoms with Crippen LogP contribution in [0.5, 0.6) is 0 Å². The van der Waals surface area contributed by atoms with Gasteiger partial charge in [0.05, 0.1) is 13.1 Å². The average molecular weight is 368 g/mol. The monoisotopic (exact) mass is 368 g/mol. The van der Waals surface area contributed by atoms with Gasteiger partial charge in [0.25, 0.3) is 0 Å². The Bertz CT molecular complexity index is 434. The fourth-order valence-electron chi connectivity index (χ4n) is 0.866. The van der Waals surface area contributed by atoms with Gasteiger partial charge in [-0.2, -0.15) is 12.6 Å². The smallest absolute Gasteiger partial charge is 0.331 e. The Morgan fingerprint density at radius 1 is 1.12 bits per heavy atom. The molecular formula is C12H24N4O7S.